The number of hydrogen-bond acceptors (Lipinski definition) is 2. The lowest BCUT2D eigenvalue weighted by Crippen LogP contribution is -2.30. The van der Waals surface area contributed by atoms with E-state index in [0.717, 1.165) is 36.3 Å². The summed E-state index contributed by atoms with van der Waals surface area (Å²) >= 11 is 0. The summed E-state index contributed by atoms with van der Waals surface area (Å²) in [6, 6.07) is 1.71. The van der Waals surface area contributed by atoms with E-state index in [0.29, 0.717) is 6.54 Å². The highest BCUT2D eigenvalue weighted by molar-refractivity contribution is 5.25. The SMILES string of the molecule is CCc1cc(=O)c2c([nH]1)CCNC2. The highest BCUT2D eigenvalue weighted by Gasteiger charge is 2.12. The Labute approximate surface area is 77.2 Å². The van der Waals surface area contributed by atoms with Crippen molar-refractivity contribution in [2.75, 3.05) is 6.54 Å². The van der Waals surface area contributed by atoms with Gasteiger partial charge in [-0.15, -0.1) is 0 Å². The van der Waals surface area contributed by atoms with Crippen molar-refractivity contribution in [3.05, 3.63) is 33.2 Å². The second-order valence-corrected chi connectivity index (χ2v) is 3.40. The maximum Gasteiger partial charge on any atom is 0.186 e. The minimum absolute atomic E-state index is 0.179. The third-order valence-corrected chi connectivity index (χ3v) is 2.51. The van der Waals surface area contributed by atoms with Crippen molar-refractivity contribution in [1.29, 1.82) is 0 Å². The van der Waals surface area contributed by atoms with E-state index in [2.05, 4.69) is 17.2 Å². The molecule has 0 radical (unpaired) electrons. The normalized spacial score (nSPS) is 15.5. The average molecular weight is 178 g/mol. The third-order valence-electron chi connectivity index (χ3n) is 2.51. The molecular formula is C10H14N2O. The summed E-state index contributed by atoms with van der Waals surface area (Å²) in [6.07, 6.45) is 1.84. The smallest absolute Gasteiger partial charge is 0.186 e. The van der Waals surface area contributed by atoms with Crippen molar-refractivity contribution in [1.82, 2.24) is 10.3 Å². The van der Waals surface area contributed by atoms with E-state index < -0.39 is 0 Å². The lowest BCUT2D eigenvalue weighted by atomic mass is 10.1. The molecule has 13 heavy (non-hydrogen) atoms. The van der Waals surface area contributed by atoms with Crippen LogP contribution in [0.4, 0.5) is 0 Å². The lowest BCUT2D eigenvalue weighted by Gasteiger charge is -2.16. The minimum atomic E-state index is 0.179. The Balaban J connectivity index is 2.53. The first-order chi connectivity index (χ1) is 6.31. The van der Waals surface area contributed by atoms with Crippen molar-refractivity contribution >= 4 is 0 Å². The fourth-order valence-electron chi connectivity index (χ4n) is 1.72. The molecule has 3 heteroatoms. The first kappa shape index (κ1) is 8.51. The molecule has 0 aliphatic carbocycles. The summed E-state index contributed by atoms with van der Waals surface area (Å²) in [5, 5.41) is 3.20. The van der Waals surface area contributed by atoms with Crippen molar-refractivity contribution < 1.29 is 0 Å². The molecule has 0 saturated carbocycles. The fourth-order valence-corrected chi connectivity index (χ4v) is 1.72. The second kappa shape index (κ2) is 3.34. The van der Waals surface area contributed by atoms with Crippen LogP contribution in [0.1, 0.15) is 23.9 Å². The molecular weight excluding hydrogens is 164 g/mol. The van der Waals surface area contributed by atoms with Gasteiger partial charge in [0, 0.05) is 42.5 Å². The summed E-state index contributed by atoms with van der Waals surface area (Å²) in [5.74, 6) is 0. The Kier molecular flexibility index (Phi) is 2.19. The van der Waals surface area contributed by atoms with Gasteiger partial charge in [0.15, 0.2) is 5.43 Å². The topological polar surface area (TPSA) is 44.9 Å². The van der Waals surface area contributed by atoms with Crippen LogP contribution in [0, 0.1) is 0 Å². The predicted molar refractivity (Wildman–Crippen MR) is 51.9 cm³/mol. The number of nitrogens with one attached hydrogen (secondary N) is 2. The van der Waals surface area contributed by atoms with E-state index in [4.69, 9.17) is 0 Å². The van der Waals surface area contributed by atoms with Gasteiger partial charge in [0.2, 0.25) is 0 Å². The zero-order valence-corrected chi connectivity index (χ0v) is 7.81. The van der Waals surface area contributed by atoms with Crippen LogP contribution in [0.25, 0.3) is 0 Å². The monoisotopic (exact) mass is 178 g/mol. The first-order valence-electron chi connectivity index (χ1n) is 4.76. The molecule has 0 saturated heterocycles. The Morgan fingerprint density at radius 2 is 2.38 bits per heavy atom. The molecule has 1 aromatic rings. The highest BCUT2D eigenvalue weighted by Crippen LogP contribution is 2.07. The van der Waals surface area contributed by atoms with Crippen LogP contribution in [-0.4, -0.2) is 11.5 Å². The number of fused-ring (bicyclic) bond motifs is 1. The molecule has 70 valence electrons. The number of pyridine rings is 1. The van der Waals surface area contributed by atoms with Gasteiger partial charge >= 0.3 is 0 Å². The van der Waals surface area contributed by atoms with E-state index >= 15 is 0 Å². The van der Waals surface area contributed by atoms with Crippen LogP contribution >= 0.6 is 0 Å². The van der Waals surface area contributed by atoms with Crippen LogP contribution in [0.2, 0.25) is 0 Å². The zero-order valence-electron chi connectivity index (χ0n) is 7.81. The molecule has 1 aliphatic rings. The maximum absolute atomic E-state index is 11.6. The Bertz CT molecular complexity index is 368. The van der Waals surface area contributed by atoms with Crippen molar-refractivity contribution in [3.63, 3.8) is 0 Å². The van der Waals surface area contributed by atoms with Crippen molar-refractivity contribution in [2.45, 2.75) is 26.3 Å². The molecule has 0 spiro atoms. The number of aromatic amines is 1. The van der Waals surface area contributed by atoms with Crippen LogP contribution in [0.15, 0.2) is 10.9 Å². The summed E-state index contributed by atoms with van der Waals surface area (Å²) in [4.78, 5) is 14.9. The molecule has 0 aromatic carbocycles. The minimum Gasteiger partial charge on any atom is -0.362 e. The third kappa shape index (κ3) is 1.52. The molecule has 1 aliphatic heterocycles. The molecule has 0 unspecified atom stereocenters. The van der Waals surface area contributed by atoms with Gasteiger partial charge < -0.3 is 10.3 Å². The van der Waals surface area contributed by atoms with Gasteiger partial charge in [0.05, 0.1) is 0 Å². The average Bonchev–Trinajstić information content (AvgIpc) is 2.18. The number of aromatic nitrogens is 1. The Morgan fingerprint density at radius 1 is 1.54 bits per heavy atom. The Hall–Kier alpha value is -1.09. The largest absolute Gasteiger partial charge is 0.362 e. The quantitative estimate of drug-likeness (QED) is 0.661. The standard InChI is InChI=1S/C10H14N2O/c1-2-7-5-10(13)8-6-11-4-3-9(8)12-7/h5,11H,2-4,6H2,1H3,(H,12,13). The summed E-state index contributed by atoms with van der Waals surface area (Å²) < 4.78 is 0. The number of rotatable bonds is 1. The van der Waals surface area contributed by atoms with Gasteiger partial charge in [-0.3, -0.25) is 4.79 Å². The fraction of sp³-hybridized carbons (Fsp3) is 0.500. The van der Waals surface area contributed by atoms with Gasteiger partial charge in [0.25, 0.3) is 0 Å². The van der Waals surface area contributed by atoms with Gasteiger partial charge in [-0.05, 0) is 6.42 Å². The molecule has 2 N–H and O–H groups in total. The number of aryl methyl sites for hydroxylation is 1. The van der Waals surface area contributed by atoms with Crippen LogP contribution < -0.4 is 10.7 Å². The molecule has 0 bridgehead atoms. The maximum atomic E-state index is 11.6. The molecule has 0 fully saturated rings. The van der Waals surface area contributed by atoms with Crippen LogP contribution in [0.5, 0.6) is 0 Å². The van der Waals surface area contributed by atoms with E-state index in [-0.39, 0.29) is 5.43 Å². The molecule has 2 heterocycles. The van der Waals surface area contributed by atoms with Crippen LogP contribution in [-0.2, 0) is 19.4 Å². The second-order valence-electron chi connectivity index (χ2n) is 3.40. The van der Waals surface area contributed by atoms with Gasteiger partial charge in [-0.1, -0.05) is 6.92 Å². The molecule has 3 nitrogen and oxygen atoms in total. The lowest BCUT2D eigenvalue weighted by molar-refractivity contribution is 0.623. The van der Waals surface area contributed by atoms with Crippen molar-refractivity contribution in [2.24, 2.45) is 0 Å². The number of hydrogen-bond donors (Lipinski definition) is 2. The van der Waals surface area contributed by atoms with E-state index in [1.54, 1.807) is 6.07 Å². The van der Waals surface area contributed by atoms with E-state index in [1.807, 2.05) is 0 Å². The molecule has 2 rings (SSSR count). The Morgan fingerprint density at radius 3 is 3.15 bits per heavy atom. The van der Waals surface area contributed by atoms with Gasteiger partial charge in [-0.2, -0.15) is 0 Å². The predicted octanol–water partition coefficient (Wildman–Crippen LogP) is 0.583. The van der Waals surface area contributed by atoms with Crippen molar-refractivity contribution in [3.8, 4) is 0 Å². The van der Waals surface area contributed by atoms with Crippen LogP contribution in [0.3, 0.4) is 0 Å². The van der Waals surface area contributed by atoms with Gasteiger partial charge in [-0.25, -0.2) is 0 Å². The molecule has 0 atom stereocenters. The van der Waals surface area contributed by atoms with E-state index in [1.165, 1.54) is 0 Å². The summed E-state index contributed by atoms with van der Waals surface area (Å²) in [6.45, 7) is 3.74. The zero-order chi connectivity index (χ0) is 9.26. The first-order valence-corrected chi connectivity index (χ1v) is 4.76. The summed E-state index contributed by atoms with van der Waals surface area (Å²) in [5.41, 5.74) is 3.27. The summed E-state index contributed by atoms with van der Waals surface area (Å²) in [7, 11) is 0. The van der Waals surface area contributed by atoms with Gasteiger partial charge in [0.1, 0.15) is 0 Å². The number of H-pyrrole nitrogens is 1. The van der Waals surface area contributed by atoms with E-state index in [9.17, 15) is 4.79 Å². The molecule has 1 aromatic heterocycles. The molecule has 0 amide bonds. The highest BCUT2D eigenvalue weighted by atomic mass is 16.1.